The van der Waals surface area contributed by atoms with E-state index in [1.807, 2.05) is 6.07 Å². The van der Waals surface area contributed by atoms with Crippen molar-refractivity contribution in [2.24, 2.45) is 5.92 Å². The fourth-order valence-corrected chi connectivity index (χ4v) is 2.00. The second kappa shape index (κ2) is 5.91. The lowest BCUT2D eigenvalue weighted by atomic mass is 10.2. The van der Waals surface area contributed by atoms with Crippen LogP contribution in [0.5, 0.6) is 0 Å². The number of ether oxygens (including phenoxy) is 1. The topological polar surface area (TPSA) is 57.9 Å². The fourth-order valence-electron chi connectivity index (χ4n) is 1.05. The molecule has 0 radical (unpaired) electrons. The largest absolute Gasteiger partial charge is 0.384 e. The minimum absolute atomic E-state index is 0.268. The smallest absolute Gasteiger partial charge is 0.185 e. The number of anilines is 1. The van der Waals surface area contributed by atoms with Crippen LogP contribution in [0.25, 0.3) is 0 Å². The van der Waals surface area contributed by atoms with Crippen LogP contribution < -0.4 is 5.32 Å². The van der Waals surface area contributed by atoms with Crippen molar-refractivity contribution in [1.82, 2.24) is 4.98 Å². The molecule has 4 nitrogen and oxygen atoms in total. The first-order chi connectivity index (χ1) is 7.17. The Kier molecular flexibility index (Phi) is 4.82. The van der Waals surface area contributed by atoms with E-state index in [9.17, 15) is 0 Å². The van der Waals surface area contributed by atoms with Crippen molar-refractivity contribution < 1.29 is 4.74 Å². The molecule has 15 heavy (non-hydrogen) atoms. The van der Waals surface area contributed by atoms with Crippen molar-refractivity contribution in [1.29, 1.82) is 5.26 Å². The number of hydrogen-bond acceptors (Lipinski definition) is 5. The summed E-state index contributed by atoms with van der Waals surface area (Å²) in [6.07, 6.45) is 0. The molecule has 0 spiro atoms. The molecule has 0 saturated heterocycles. The second-order valence-corrected chi connectivity index (χ2v) is 4.55. The Morgan fingerprint density at radius 2 is 2.47 bits per heavy atom. The summed E-state index contributed by atoms with van der Waals surface area (Å²) in [6, 6.07) is 1.99. The maximum atomic E-state index is 8.68. The quantitative estimate of drug-likeness (QED) is 0.865. The molecule has 1 unspecified atom stereocenters. The molecular formula is C9H12ClN3OS. The van der Waals surface area contributed by atoms with E-state index < -0.39 is 0 Å². The van der Waals surface area contributed by atoms with Gasteiger partial charge in [-0.15, -0.1) is 0 Å². The van der Waals surface area contributed by atoms with Gasteiger partial charge in [0.15, 0.2) is 10.3 Å². The summed E-state index contributed by atoms with van der Waals surface area (Å²) in [4.78, 5) is 4.47. The molecule has 1 aromatic rings. The van der Waals surface area contributed by atoms with Gasteiger partial charge >= 0.3 is 0 Å². The predicted octanol–water partition coefficient (Wildman–Crippen LogP) is 2.36. The molecule has 0 fully saturated rings. The summed E-state index contributed by atoms with van der Waals surface area (Å²) in [5, 5.41) is 12.7. The minimum atomic E-state index is 0.268. The van der Waals surface area contributed by atoms with Crippen LogP contribution in [-0.2, 0) is 4.74 Å². The van der Waals surface area contributed by atoms with Crippen molar-refractivity contribution in [2.45, 2.75) is 6.92 Å². The number of halogens is 1. The second-order valence-electron chi connectivity index (χ2n) is 3.19. The van der Waals surface area contributed by atoms with Gasteiger partial charge in [0, 0.05) is 13.7 Å². The van der Waals surface area contributed by atoms with Crippen molar-refractivity contribution in [3.05, 3.63) is 10.0 Å². The number of nitriles is 1. The lowest BCUT2D eigenvalue weighted by molar-refractivity contribution is 0.164. The number of aromatic nitrogens is 1. The minimum Gasteiger partial charge on any atom is -0.384 e. The Bertz CT molecular complexity index is 361. The van der Waals surface area contributed by atoms with Gasteiger partial charge in [-0.2, -0.15) is 5.26 Å². The third-order valence-electron chi connectivity index (χ3n) is 1.74. The summed E-state index contributed by atoms with van der Waals surface area (Å²) in [6.45, 7) is 3.51. The van der Waals surface area contributed by atoms with E-state index in [1.165, 1.54) is 11.3 Å². The highest BCUT2D eigenvalue weighted by Crippen LogP contribution is 2.25. The van der Waals surface area contributed by atoms with E-state index in [0.717, 1.165) is 6.54 Å². The van der Waals surface area contributed by atoms with Gasteiger partial charge in [-0.25, -0.2) is 4.98 Å². The van der Waals surface area contributed by atoms with Crippen LogP contribution in [0.15, 0.2) is 0 Å². The normalized spacial score (nSPS) is 12.1. The van der Waals surface area contributed by atoms with Crippen LogP contribution in [0.3, 0.4) is 0 Å². The first-order valence-corrected chi connectivity index (χ1v) is 5.66. The first kappa shape index (κ1) is 12.2. The zero-order valence-electron chi connectivity index (χ0n) is 8.58. The number of hydrogen-bond donors (Lipinski definition) is 1. The van der Waals surface area contributed by atoms with E-state index in [0.29, 0.717) is 22.5 Å². The predicted molar refractivity (Wildman–Crippen MR) is 61.4 cm³/mol. The molecule has 1 aromatic heterocycles. The summed E-state index contributed by atoms with van der Waals surface area (Å²) in [7, 11) is 1.67. The third-order valence-corrected chi connectivity index (χ3v) is 3.04. The number of thiazole rings is 1. The number of nitrogens with one attached hydrogen (secondary N) is 1. The fraction of sp³-hybridized carbons (Fsp3) is 0.556. The van der Waals surface area contributed by atoms with E-state index in [4.69, 9.17) is 21.6 Å². The molecule has 1 N–H and O–H groups in total. The maximum Gasteiger partial charge on any atom is 0.185 e. The zero-order valence-corrected chi connectivity index (χ0v) is 10.2. The highest BCUT2D eigenvalue weighted by Gasteiger charge is 2.09. The van der Waals surface area contributed by atoms with Gasteiger partial charge in [-0.05, 0) is 5.92 Å². The summed E-state index contributed by atoms with van der Waals surface area (Å²) < 4.78 is 5.01. The molecule has 0 amide bonds. The Labute approximate surface area is 97.8 Å². The number of rotatable bonds is 5. The molecule has 0 bridgehead atoms. The molecule has 1 rings (SSSR count). The van der Waals surface area contributed by atoms with Gasteiger partial charge in [-0.3, -0.25) is 0 Å². The lowest BCUT2D eigenvalue weighted by Gasteiger charge is -2.09. The van der Waals surface area contributed by atoms with Crippen molar-refractivity contribution in [3.8, 4) is 6.07 Å². The van der Waals surface area contributed by atoms with Crippen molar-refractivity contribution >= 4 is 28.1 Å². The Morgan fingerprint density at radius 3 is 3.00 bits per heavy atom. The van der Waals surface area contributed by atoms with Gasteiger partial charge in [-0.1, -0.05) is 29.9 Å². The lowest BCUT2D eigenvalue weighted by Crippen LogP contribution is -2.15. The first-order valence-electron chi connectivity index (χ1n) is 4.46. The highest BCUT2D eigenvalue weighted by atomic mass is 35.5. The maximum absolute atomic E-state index is 8.68. The Balaban J connectivity index is 2.48. The number of nitrogens with zero attached hydrogens (tertiary/aromatic N) is 2. The van der Waals surface area contributed by atoms with Crippen molar-refractivity contribution in [3.63, 3.8) is 0 Å². The van der Waals surface area contributed by atoms with Gasteiger partial charge in [0.2, 0.25) is 0 Å². The van der Waals surface area contributed by atoms with E-state index in [-0.39, 0.29) is 5.15 Å². The third kappa shape index (κ3) is 3.67. The summed E-state index contributed by atoms with van der Waals surface area (Å²) in [5.41, 5.74) is 0. The van der Waals surface area contributed by atoms with Crippen LogP contribution in [0.1, 0.15) is 11.8 Å². The molecule has 0 aliphatic heterocycles. The standard InChI is InChI=1S/C9H12ClN3OS/c1-6(5-14-2)4-12-9-13-8(10)7(3-11)15-9/h6H,4-5H2,1-2H3,(H,12,13). The molecule has 0 aromatic carbocycles. The SMILES string of the molecule is COCC(C)CNc1nc(Cl)c(C#N)s1. The highest BCUT2D eigenvalue weighted by molar-refractivity contribution is 7.16. The van der Waals surface area contributed by atoms with Crippen LogP contribution in [0.2, 0.25) is 5.15 Å². The van der Waals surface area contributed by atoms with Gasteiger partial charge in [0.25, 0.3) is 0 Å². The molecule has 82 valence electrons. The van der Waals surface area contributed by atoms with E-state index in [1.54, 1.807) is 7.11 Å². The van der Waals surface area contributed by atoms with Crippen LogP contribution in [0, 0.1) is 17.2 Å². The average molecular weight is 246 g/mol. The van der Waals surface area contributed by atoms with Crippen molar-refractivity contribution in [2.75, 3.05) is 25.6 Å². The monoisotopic (exact) mass is 245 g/mol. The van der Waals surface area contributed by atoms with E-state index in [2.05, 4.69) is 17.2 Å². The molecule has 0 saturated carbocycles. The molecule has 6 heteroatoms. The molecule has 0 aliphatic rings. The average Bonchev–Trinajstić information content (AvgIpc) is 2.56. The number of methoxy groups -OCH3 is 1. The van der Waals surface area contributed by atoms with Gasteiger partial charge in [0.1, 0.15) is 10.9 Å². The van der Waals surface area contributed by atoms with Crippen LogP contribution in [-0.4, -0.2) is 25.2 Å². The zero-order chi connectivity index (χ0) is 11.3. The molecule has 0 aliphatic carbocycles. The summed E-state index contributed by atoms with van der Waals surface area (Å²) >= 11 is 7.00. The molecule has 1 heterocycles. The van der Waals surface area contributed by atoms with E-state index >= 15 is 0 Å². The van der Waals surface area contributed by atoms with Gasteiger partial charge in [0.05, 0.1) is 6.61 Å². The summed E-state index contributed by atoms with van der Waals surface area (Å²) in [5.74, 6) is 0.392. The Hall–Kier alpha value is -0.830. The molecule has 1 atom stereocenters. The van der Waals surface area contributed by atoms with Gasteiger partial charge < -0.3 is 10.1 Å². The van der Waals surface area contributed by atoms with Crippen LogP contribution >= 0.6 is 22.9 Å². The van der Waals surface area contributed by atoms with Crippen LogP contribution in [0.4, 0.5) is 5.13 Å². The Morgan fingerprint density at radius 1 is 1.73 bits per heavy atom. The molecular weight excluding hydrogens is 234 g/mol.